The summed E-state index contributed by atoms with van der Waals surface area (Å²) in [5.74, 6) is 0. The van der Waals surface area contributed by atoms with Crippen molar-refractivity contribution in [1.29, 1.82) is 0 Å². The number of aliphatic hydroxyl groups excluding tert-OH is 1. The summed E-state index contributed by atoms with van der Waals surface area (Å²) in [6.45, 7) is 7.35. The van der Waals surface area contributed by atoms with Crippen molar-refractivity contribution in [2.24, 2.45) is 0 Å². The maximum Gasteiger partial charge on any atom is 0.319 e. The van der Waals surface area contributed by atoms with E-state index in [4.69, 9.17) is 14.3 Å². The lowest BCUT2D eigenvalue weighted by Gasteiger charge is -2.33. The first kappa shape index (κ1) is 17.0. The molecule has 1 rings (SSSR count). The van der Waals surface area contributed by atoms with E-state index in [9.17, 15) is 5.11 Å². The second-order valence-electron chi connectivity index (χ2n) is 5.51. The molecule has 0 aromatic heterocycles. The van der Waals surface area contributed by atoms with Crippen molar-refractivity contribution in [2.75, 3.05) is 53.0 Å². The van der Waals surface area contributed by atoms with E-state index in [2.05, 4.69) is 16.8 Å². The number of β-amino-alcohol motifs (C(OH)–C–C–N with tert-alkyl or cyclic N) is 1. The van der Waals surface area contributed by atoms with Gasteiger partial charge >= 0.3 is 9.28 Å². The average Bonchev–Trinajstić information content (AvgIpc) is 2.37. The Morgan fingerprint density at radius 3 is 2.42 bits per heavy atom. The van der Waals surface area contributed by atoms with Gasteiger partial charge in [-0.3, -0.25) is 4.90 Å². The van der Waals surface area contributed by atoms with Gasteiger partial charge < -0.3 is 24.3 Å². The maximum atomic E-state index is 9.87. The number of hydrogen-bond acceptors (Lipinski definition) is 6. The molecule has 0 radical (unpaired) electrons. The van der Waals surface area contributed by atoms with Crippen LogP contribution in [0.25, 0.3) is 0 Å². The number of nitrogens with zero attached hydrogens (tertiary/aromatic N) is 2. The molecular formula is C12H28N2O4Si. The Bertz CT molecular complexity index is 238. The number of rotatable bonds is 8. The molecule has 2 unspecified atom stereocenters. The van der Waals surface area contributed by atoms with E-state index in [1.807, 2.05) is 6.92 Å². The number of piperazine rings is 1. The molecule has 3 N–H and O–H groups in total. The summed E-state index contributed by atoms with van der Waals surface area (Å²) in [5.41, 5.74) is -0.0604. The fourth-order valence-corrected chi connectivity index (χ4v) is 2.45. The number of likely N-dealkylation sites (N-methyl/N-ethyl adjacent to an activating group) is 1. The molecule has 0 saturated carbocycles. The van der Waals surface area contributed by atoms with Gasteiger partial charge in [-0.15, -0.1) is 0 Å². The van der Waals surface area contributed by atoms with E-state index in [1.165, 1.54) is 0 Å². The van der Waals surface area contributed by atoms with Crippen LogP contribution in [-0.4, -0.2) is 92.9 Å². The minimum atomic E-state index is -2.52. The maximum absolute atomic E-state index is 9.87. The molecule has 6 nitrogen and oxygen atoms in total. The quantitative estimate of drug-likeness (QED) is 0.377. The van der Waals surface area contributed by atoms with Crippen molar-refractivity contribution < 1.29 is 19.4 Å². The first-order valence-electron chi connectivity index (χ1n) is 7.02. The van der Waals surface area contributed by atoms with Gasteiger partial charge in [-0.25, -0.2) is 0 Å². The Kier molecular flexibility index (Phi) is 8.08. The number of ether oxygens (including phenoxy) is 1. The van der Waals surface area contributed by atoms with Crippen LogP contribution in [0.2, 0.25) is 5.54 Å². The average molecular weight is 292 g/mol. The Hall–Kier alpha value is -0.0231. The molecule has 2 atom stereocenters. The third-order valence-corrected chi connectivity index (χ3v) is 4.95. The minimum absolute atomic E-state index is 0.0604. The largest absolute Gasteiger partial charge is 0.413 e. The highest BCUT2D eigenvalue weighted by Gasteiger charge is 2.17. The van der Waals surface area contributed by atoms with Gasteiger partial charge in [0.15, 0.2) is 0 Å². The number of hydrogen-bond donors (Lipinski definition) is 3. The van der Waals surface area contributed by atoms with Crippen molar-refractivity contribution in [3.63, 3.8) is 0 Å². The summed E-state index contributed by atoms with van der Waals surface area (Å²) in [6.07, 6.45) is 0.181. The summed E-state index contributed by atoms with van der Waals surface area (Å²) in [6, 6.07) is 0. The first-order chi connectivity index (χ1) is 8.99. The Morgan fingerprint density at radius 2 is 1.84 bits per heavy atom. The Labute approximate surface area is 117 Å². The predicted molar refractivity (Wildman–Crippen MR) is 76.4 cm³/mol. The van der Waals surface area contributed by atoms with Crippen LogP contribution in [0.3, 0.4) is 0 Å². The molecule has 0 aromatic rings. The van der Waals surface area contributed by atoms with E-state index in [-0.39, 0.29) is 5.54 Å². The lowest BCUT2D eigenvalue weighted by Crippen LogP contribution is -2.47. The number of aliphatic hydroxyl groups is 1. The molecule has 0 aromatic carbocycles. The zero-order chi connectivity index (χ0) is 14.3. The van der Waals surface area contributed by atoms with Crippen LogP contribution in [-0.2, 0) is 4.74 Å². The lowest BCUT2D eigenvalue weighted by molar-refractivity contribution is 0.00787. The molecule has 1 aliphatic rings. The molecule has 1 saturated heterocycles. The smallest absolute Gasteiger partial charge is 0.319 e. The second-order valence-corrected chi connectivity index (χ2v) is 7.48. The van der Waals surface area contributed by atoms with Crippen LogP contribution in [0, 0.1) is 0 Å². The third-order valence-electron chi connectivity index (χ3n) is 3.60. The Balaban J connectivity index is 2.03. The minimum Gasteiger partial charge on any atom is -0.413 e. The molecule has 1 aliphatic heterocycles. The van der Waals surface area contributed by atoms with E-state index in [0.29, 0.717) is 26.2 Å². The molecule has 0 aliphatic carbocycles. The molecule has 19 heavy (non-hydrogen) atoms. The fraction of sp³-hybridized carbons (Fsp3) is 1.00. The van der Waals surface area contributed by atoms with Crippen molar-refractivity contribution in [3.05, 3.63) is 0 Å². The predicted octanol–water partition coefficient (Wildman–Crippen LogP) is -1.40. The normalized spacial score (nSPS) is 21.8. The van der Waals surface area contributed by atoms with Crippen LogP contribution in [0.15, 0.2) is 0 Å². The highest BCUT2D eigenvalue weighted by Crippen LogP contribution is 2.10. The summed E-state index contributed by atoms with van der Waals surface area (Å²) in [4.78, 5) is 22.6. The van der Waals surface area contributed by atoms with Crippen LogP contribution in [0.1, 0.15) is 13.3 Å². The second kappa shape index (κ2) is 9.01. The van der Waals surface area contributed by atoms with E-state index in [1.54, 1.807) is 0 Å². The molecule has 114 valence electrons. The van der Waals surface area contributed by atoms with E-state index < -0.39 is 15.4 Å². The third kappa shape index (κ3) is 7.36. The lowest BCUT2D eigenvalue weighted by atomic mass is 10.3. The molecule has 1 fully saturated rings. The van der Waals surface area contributed by atoms with Gasteiger partial charge in [0.05, 0.1) is 12.7 Å². The van der Waals surface area contributed by atoms with Crippen molar-refractivity contribution in [2.45, 2.75) is 25.0 Å². The van der Waals surface area contributed by atoms with Gasteiger partial charge in [-0.1, -0.05) is 6.92 Å². The highest BCUT2D eigenvalue weighted by atomic mass is 28.3. The molecule has 1 heterocycles. The summed E-state index contributed by atoms with van der Waals surface area (Å²) in [5, 5.41) is 9.87. The van der Waals surface area contributed by atoms with Gasteiger partial charge in [0.1, 0.15) is 0 Å². The topological polar surface area (TPSA) is 76.4 Å². The van der Waals surface area contributed by atoms with Gasteiger partial charge in [0, 0.05) is 39.3 Å². The monoisotopic (exact) mass is 292 g/mol. The molecule has 0 amide bonds. The molecular weight excluding hydrogens is 264 g/mol. The molecule has 0 bridgehead atoms. The van der Waals surface area contributed by atoms with Crippen molar-refractivity contribution in [3.8, 4) is 0 Å². The highest BCUT2D eigenvalue weighted by molar-refractivity contribution is 6.42. The van der Waals surface area contributed by atoms with Crippen LogP contribution < -0.4 is 0 Å². The molecule has 0 spiro atoms. The van der Waals surface area contributed by atoms with E-state index >= 15 is 0 Å². The van der Waals surface area contributed by atoms with Crippen molar-refractivity contribution in [1.82, 2.24) is 9.80 Å². The summed E-state index contributed by atoms with van der Waals surface area (Å²) in [7, 11) is -0.416. The van der Waals surface area contributed by atoms with Gasteiger partial charge in [-0.05, 0) is 19.0 Å². The van der Waals surface area contributed by atoms with Crippen LogP contribution in [0.4, 0.5) is 0 Å². The van der Waals surface area contributed by atoms with E-state index in [0.717, 1.165) is 26.2 Å². The Morgan fingerprint density at radius 1 is 1.21 bits per heavy atom. The zero-order valence-corrected chi connectivity index (χ0v) is 13.2. The SMILES string of the molecule is CC(CCOCC(O)CN1CCN(C)CC1)[SiH](O)O. The van der Waals surface area contributed by atoms with Crippen LogP contribution >= 0.6 is 0 Å². The zero-order valence-electron chi connectivity index (χ0n) is 12.0. The van der Waals surface area contributed by atoms with Gasteiger partial charge in [0.25, 0.3) is 0 Å². The van der Waals surface area contributed by atoms with Crippen molar-refractivity contribution >= 4 is 9.28 Å². The standard InChI is InChI=1S/C12H28N2O4Si/c1-11(19(16)17)3-8-18-10-12(15)9-14-6-4-13(2)5-7-14/h11-12,15-17,19H,3-10H2,1-2H3. The molecule has 7 heteroatoms. The van der Waals surface area contributed by atoms with Crippen LogP contribution in [0.5, 0.6) is 0 Å². The first-order valence-corrected chi connectivity index (χ1v) is 8.72. The summed E-state index contributed by atoms with van der Waals surface area (Å²) >= 11 is 0. The van der Waals surface area contributed by atoms with Gasteiger partial charge in [-0.2, -0.15) is 0 Å². The fourth-order valence-electron chi connectivity index (χ4n) is 2.02. The summed E-state index contributed by atoms with van der Waals surface area (Å²) < 4.78 is 5.39. The van der Waals surface area contributed by atoms with Gasteiger partial charge in [0.2, 0.25) is 0 Å².